The summed E-state index contributed by atoms with van der Waals surface area (Å²) in [7, 11) is 0. The number of carboxylic acid groups (broad SMARTS) is 4. The van der Waals surface area contributed by atoms with Gasteiger partial charge in [0, 0.05) is 24.8 Å². The molecule has 2 N–H and O–H groups in total. The van der Waals surface area contributed by atoms with Crippen molar-refractivity contribution in [3.63, 3.8) is 0 Å². The van der Waals surface area contributed by atoms with Crippen LogP contribution in [0.1, 0.15) is 65.2 Å². The fourth-order valence-electron chi connectivity index (χ4n) is 1.94. The molecule has 2 atom stereocenters. The molecule has 0 aromatic heterocycles. The van der Waals surface area contributed by atoms with Gasteiger partial charge in [-0.25, -0.2) is 0 Å². The molecule has 0 aromatic rings. The van der Waals surface area contributed by atoms with Crippen LogP contribution in [0.4, 0.5) is 0 Å². The van der Waals surface area contributed by atoms with Crippen molar-refractivity contribution in [2.24, 2.45) is 0 Å². The van der Waals surface area contributed by atoms with E-state index in [2.05, 4.69) is 9.88 Å². The number of carboxylic acids is 4. The number of aliphatic carboxylic acids is 4. The molecule has 0 bridgehead atoms. The van der Waals surface area contributed by atoms with Crippen LogP contribution in [0.15, 0.2) is 0 Å². The Morgan fingerprint density at radius 1 is 0.724 bits per heavy atom. The standard InChI is InChI=1S/2C8H14O5.2CH3.Sn.2H/c2*1-2-3-4-8(13,7(11)12)5-6(9)10;;;;;/h2*13H,2-5H2,1H3,(H,9,10)(H,11,12);2*1H3;;;/q;;;;+4;;/p-4. The second-order valence-corrected chi connectivity index (χ2v) is 10.7. The number of carbonyl (C=O) groups is 4. The van der Waals surface area contributed by atoms with Gasteiger partial charge in [-0.15, -0.1) is 0 Å². The van der Waals surface area contributed by atoms with Crippen LogP contribution in [0.2, 0.25) is 9.88 Å². The predicted molar refractivity (Wildman–Crippen MR) is 98.5 cm³/mol. The number of rotatable bonds is 12. The van der Waals surface area contributed by atoms with Crippen molar-refractivity contribution < 1.29 is 49.8 Å². The van der Waals surface area contributed by atoms with Gasteiger partial charge in [0.15, 0.2) is 0 Å². The van der Waals surface area contributed by atoms with E-state index in [4.69, 9.17) is 0 Å². The number of hydrogen-bond acceptors (Lipinski definition) is 10. The molecule has 4 radical (unpaired) electrons. The number of aliphatic hydroxyl groups is 2. The van der Waals surface area contributed by atoms with Gasteiger partial charge in [-0.05, 0) is 12.8 Å². The van der Waals surface area contributed by atoms with Gasteiger partial charge in [0.05, 0.1) is 11.9 Å². The Morgan fingerprint density at radius 2 is 0.966 bits per heavy atom. The van der Waals surface area contributed by atoms with E-state index >= 15 is 0 Å². The summed E-state index contributed by atoms with van der Waals surface area (Å²) in [5, 5.41) is 59.7. The van der Waals surface area contributed by atoms with Crippen LogP contribution in [0.25, 0.3) is 0 Å². The maximum absolute atomic E-state index is 10.4. The average molecular weight is 527 g/mol. The molecule has 2 unspecified atom stereocenters. The molecule has 0 heterocycles. The van der Waals surface area contributed by atoms with Crippen molar-refractivity contribution in [3.8, 4) is 0 Å². The molecule has 0 amide bonds. The molecule has 168 valence electrons. The molecule has 0 aliphatic heterocycles. The Kier molecular flexibility index (Phi) is 19.4. The second-order valence-electron chi connectivity index (χ2n) is 6.65. The third-order valence-corrected chi connectivity index (χ3v) is 3.52. The Morgan fingerprint density at radius 3 is 1.10 bits per heavy atom. The van der Waals surface area contributed by atoms with Crippen LogP contribution in [-0.4, -0.2) is 66.4 Å². The Bertz CT molecular complexity index is 467. The molecule has 11 heteroatoms. The molecule has 0 spiro atoms. The number of unbranched alkanes of at least 4 members (excludes halogenated alkanes) is 2. The maximum atomic E-state index is 10.4. The van der Waals surface area contributed by atoms with Crippen LogP contribution in [0.3, 0.4) is 0 Å². The quantitative estimate of drug-likeness (QED) is 0.235. The summed E-state index contributed by atoms with van der Waals surface area (Å²) in [6.45, 7) is 3.60. The molecular formula is C18H32O10Sn. The first-order valence-electron chi connectivity index (χ1n) is 9.53. The van der Waals surface area contributed by atoms with Gasteiger partial charge in [0.1, 0.15) is 11.2 Å². The van der Waals surface area contributed by atoms with Gasteiger partial charge in [-0.2, -0.15) is 0 Å². The Hall–Kier alpha value is -1.40. The van der Waals surface area contributed by atoms with Crippen LogP contribution >= 0.6 is 0 Å². The summed E-state index contributed by atoms with van der Waals surface area (Å²) in [5.41, 5.74) is -4.57. The van der Waals surface area contributed by atoms with E-state index in [1.807, 2.05) is 0 Å². The zero-order chi connectivity index (χ0) is 23.7. The monoisotopic (exact) mass is 528 g/mol. The van der Waals surface area contributed by atoms with Gasteiger partial charge < -0.3 is 49.8 Å². The first-order valence-corrected chi connectivity index (χ1v) is 17.6. The van der Waals surface area contributed by atoms with Crippen molar-refractivity contribution in [1.82, 2.24) is 0 Å². The third kappa shape index (κ3) is 17.2. The fourth-order valence-corrected chi connectivity index (χ4v) is 1.94. The summed E-state index contributed by atoms with van der Waals surface area (Å²) >= 11 is -0.01000. The van der Waals surface area contributed by atoms with Crippen molar-refractivity contribution in [2.75, 3.05) is 0 Å². The minimum atomic E-state index is -2.28. The van der Waals surface area contributed by atoms with Crippen LogP contribution in [0, 0.1) is 0 Å². The van der Waals surface area contributed by atoms with Gasteiger partial charge in [0.25, 0.3) is 0 Å². The van der Waals surface area contributed by atoms with Crippen LogP contribution < -0.4 is 20.4 Å². The van der Waals surface area contributed by atoms with Crippen molar-refractivity contribution >= 4 is 45.0 Å². The van der Waals surface area contributed by atoms with Gasteiger partial charge in [-0.1, -0.05) is 39.5 Å². The SMILES string of the molecule is CCCCC(O)(CC(=O)[O-])C(=O)[O-].CCCCC(O)(CC(=O)[O-])C(=O)[O-].[CH3][SnH2+4][CH3]. The van der Waals surface area contributed by atoms with E-state index in [0.29, 0.717) is 25.7 Å². The molecular weight excluding hydrogens is 495 g/mol. The molecule has 0 aliphatic carbocycles. The summed E-state index contributed by atoms with van der Waals surface area (Å²) in [4.78, 5) is 45.7. The van der Waals surface area contributed by atoms with Crippen molar-refractivity contribution in [2.45, 2.75) is 86.3 Å². The molecule has 0 aliphatic rings. The van der Waals surface area contributed by atoms with E-state index in [0.717, 1.165) is 0 Å². The molecule has 0 rings (SSSR count). The normalized spacial score (nSPS) is 14.0. The first kappa shape index (κ1) is 32.3. The molecule has 10 nitrogen and oxygen atoms in total. The van der Waals surface area contributed by atoms with Gasteiger partial charge in [0.2, 0.25) is 0 Å². The molecule has 29 heavy (non-hydrogen) atoms. The predicted octanol–water partition coefficient (Wildman–Crippen LogP) is -4.15. The van der Waals surface area contributed by atoms with E-state index < -0.39 is 47.9 Å². The number of hydrogen-bond donors (Lipinski definition) is 2. The van der Waals surface area contributed by atoms with E-state index in [-0.39, 0.29) is 34.0 Å². The third-order valence-electron chi connectivity index (χ3n) is 3.52. The minimum absolute atomic E-state index is 0.01000. The van der Waals surface area contributed by atoms with Gasteiger partial charge >= 0.3 is 31.0 Å². The number of carbonyl (C=O) groups excluding carboxylic acids is 4. The molecule has 0 aromatic carbocycles. The second kappa shape index (κ2) is 17.5. The summed E-state index contributed by atoms with van der Waals surface area (Å²) in [6, 6.07) is 0. The first-order chi connectivity index (χ1) is 13.3. The summed E-state index contributed by atoms with van der Waals surface area (Å²) in [5.74, 6) is -6.71. The Labute approximate surface area is 181 Å². The van der Waals surface area contributed by atoms with E-state index in [9.17, 15) is 49.8 Å². The van der Waals surface area contributed by atoms with Gasteiger partial charge in [-0.3, -0.25) is 0 Å². The Balaban J connectivity index is -0.000000410. The van der Waals surface area contributed by atoms with Crippen molar-refractivity contribution in [1.29, 1.82) is 0 Å². The van der Waals surface area contributed by atoms with E-state index in [1.54, 1.807) is 13.8 Å². The average Bonchev–Trinajstić information content (AvgIpc) is 2.58. The topological polar surface area (TPSA) is 201 Å². The zero-order valence-corrected chi connectivity index (χ0v) is 21.6. The molecule has 0 saturated carbocycles. The molecule has 0 saturated heterocycles. The zero-order valence-electron chi connectivity index (χ0n) is 17.5. The van der Waals surface area contributed by atoms with Crippen LogP contribution in [0.5, 0.6) is 0 Å². The summed E-state index contributed by atoms with van der Waals surface area (Å²) in [6.07, 6.45) is 0.102. The van der Waals surface area contributed by atoms with Crippen molar-refractivity contribution in [3.05, 3.63) is 0 Å². The summed E-state index contributed by atoms with van der Waals surface area (Å²) < 4.78 is 0. The molecule has 0 fully saturated rings. The van der Waals surface area contributed by atoms with E-state index in [1.165, 1.54) is 0 Å². The van der Waals surface area contributed by atoms with Crippen LogP contribution in [-0.2, 0) is 19.2 Å². The fraction of sp³-hybridized carbons (Fsp3) is 0.778.